The van der Waals surface area contributed by atoms with Gasteiger partial charge in [-0.25, -0.2) is 0 Å². The number of rotatable bonds is 2. The monoisotopic (exact) mass is 292 g/mol. The van der Waals surface area contributed by atoms with E-state index in [9.17, 15) is 0 Å². The maximum Gasteiger partial charge on any atom is 0.0872 e. The molecule has 2 nitrogen and oxygen atoms in total. The van der Waals surface area contributed by atoms with Crippen molar-refractivity contribution >= 4 is 0 Å². The molecule has 2 saturated carbocycles. The standard InChI is InChI=1S/C19H32O2/c1-8-10(3)16-18(20-16)12(5)14(8)7-15-9(2)11(4)17-19(21-17)13(15)6/h8-19H,7H2,1-6H3. The summed E-state index contributed by atoms with van der Waals surface area (Å²) in [6.07, 6.45) is 3.67. The smallest absolute Gasteiger partial charge is 0.0872 e. The van der Waals surface area contributed by atoms with Gasteiger partial charge in [-0.05, 0) is 53.8 Å². The van der Waals surface area contributed by atoms with Gasteiger partial charge in [-0.15, -0.1) is 0 Å². The number of ether oxygens (including phenoxy) is 2. The van der Waals surface area contributed by atoms with Crippen molar-refractivity contribution in [2.24, 2.45) is 47.3 Å². The van der Waals surface area contributed by atoms with Crippen LogP contribution in [0.2, 0.25) is 0 Å². The maximum atomic E-state index is 5.97. The first kappa shape index (κ1) is 14.5. The van der Waals surface area contributed by atoms with Gasteiger partial charge in [0.15, 0.2) is 0 Å². The molecule has 0 N–H and O–H groups in total. The fourth-order valence-electron chi connectivity index (χ4n) is 5.96. The summed E-state index contributed by atoms with van der Waals surface area (Å²) in [4.78, 5) is 0. The van der Waals surface area contributed by atoms with E-state index in [1.165, 1.54) is 6.42 Å². The predicted octanol–water partition coefficient (Wildman–Crippen LogP) is 3.99. The van der Waals surface area contributed by atoms with Crippen molar-refractivity contribution in [3.05, 3.63) is 0 Å². The lowest BCUT2D eigenvalue weighted by Gasteiger charge is -2.43. The van der Waals surface area contributed by atoms with Crippen molar-refractivity contribution < 1.29 is 9.47 Å². The van der Waals surface area contributed by atoms with Crippen LogP contribution in [-0.4, -0.2) is 24.4 Å². The van der Waals surface area contributed by atoms with Crippen molar-refractivity contribution in [2.45, 2.75) is 72.4 Å². The molecule has 0 bridgehead atoms. The van der Waals surface area contributed by atoms with E-state index in [4.69, 9.17) is 9.47 Å². The van der Waals surface area contributed by atoms with E-state index in [-0.39, 0.29) is 0 Å². The minimum atomic E-state index is 0.567. The summed E-state index contributed by atoms with van der Waals surface area (Å²) in [5.74, 6) is 6.25. The molecule has 2 heterocycles. The molecule has 21 heavy (non-hydrogen) atoms. The van der Waals surface area contributed by atoms with Crippen LogP contribution in [0.1, 0.15) is 48.0 Å². The fraction of sp³-hybridized carbons (Fsp3) is 1.00. The second-order valence-electron chi connectivity index (χ2n) is 8.85. The van der Waals surface area contributed by atoms with E-state index in [1.807, 2.05) is 0 Å². The Balaban J connectivity index is 1.51. The largest absolute Gasteiger partial charge is 0.369 e. The molecule has 2 aliphatic heterocycles. The van der Waals surface area contributed by atoms with Gasteiger partial charge in [0.2, 0.25) is 0 Å². The molecule has 0 aromatic carbocycles. The third-order valence-corrected chi connectivity index (χ3v) is 8.10. The Hall–Kier alpha value is -0.0800. The third-order valence-electron chi connectivity index (χ3n) is 8.10. The van der Waals surface area contributed by atoms with Crippen molar-refractivity contribution in [1.29, 1.82) is 0 Å². The molecule has 4 fully saturated rings. The Morgan fingerprint density at radius 2 is 0.810 bits per heavy atom. The van der Waals surface area contributed by atoms with Gasteiger partial charge in [0.25, 0.3) is 0 Å². The first-order chi connectivity index (χ1) is 9.91. The highest BCUT2D eigenvalue weighted by atomic mass is 16.6. The SMILES string of the molecule is CC1C(C)C2OC2C(C)C1CC1C(C)C(C)C2OC2C1C. The van der Waals surface area contributed by atoms with Gasteiger partial charge in [0.1, 0.15) is 0 Å². The summed E-state index contributed by atoms with van der Waals surface area (Å²) in [6, 6.07) is 0. The van der Waals surface area contributed by atoms with Gasteiger partial charge in [0, 0.05) is 0 Å². The molecule has 0 amide bonds. The summed E-state index contributed by atoms with van der Waals surface area (Å²) >= 11 is 0. The van der Waals surface area contributed by atoms with Crippen molar-refractivity contribution in [2.75, 3.05) is 0 Å². The molecule has 2 aliphatic carbocycles. The highest BCUT2D eigenvalue weighted by Gasteiger charge is 2.59. The van der Waals surface area contributed by atoms with E-state index < -0.39 is 0 Å². The van der Waals surface area contributed by atoms with Crippen molar-refractivity contribution in [3.63, 3.8) is 0 Å². The molecule has 4 rings (SSSR count). The zero-order valence-corrected chi connectivity index (χ0v) is 14.5. The zero-order valence-electron chi connectivity index (χ0n) is 14.5. The molecule has 12 atom stereocenters. The van der Waals surface area contributed by atoms with Crippen LogP contribution in [0.15, 0.2) is 0 Å². The fourth-order valence-corrected chi connectivity index (χ4v) is 5.96. The summed E-state index contributed by atoms with van der Waals surface area (Å²) in [7, 11) is 0. The summed E-state index contributed by atoms with van der Waals surface area (Å²) in [6.45, 7) is 14.6. The van der Waals surface area contributed by atoms with Crippen LogP contribution in [0.3, 0.4) is 0 Å². The number of epoxide rings is 2. The van der Waals surface area contributed by atoms with Crippen LogP contribution >= 0.6 is 0 Å². The van der Waals surface area contributed by atoms with Gasteiger partial charge < -0.3 is 9.47 Å². The second kappa shape index (κ2) is 4.71. The highest BCUT2D eigenvalue weighted by molar-refractivity contribution is 5.06. The molecule has 2 saturated heterocycles. The van der Waals surface area contributed by atoms with Crippen molar-refractivity contribution in [1.82, 2.24) is 0 Å². The molecule has 2 heteroatoms. The molecular weight excluding hydrogens is 260 g/mol. The second-order valence-corrected chi connectivity index (χ2v) is 8.85. The molecule has 12 unspecified atom stereocenters. The van der Waals surface area contributed by atoms with E-state index in [1.54, 1.807) is 0 Å². The molecule has 0 aromatic heterocycles. The van der Waals surface area contributed by atoms with Crippen molar-refractivity contribution in [3.8, 4) is 0 Å². The Bertz CT molecular complexity index is 384. The minimum Gasteiger partial charge on any atom is -0.369 e. The first-order valence-corrected chi connectivity index (χ1v) is 9.22. The quantitative estimate of drug-likeness (QED) is 0.719. The van der Waals surface area contributed by atoms with Gasteiger partial charge in [0.05, 0.1) is 24.4 Å². The summed E-state index contributed by atoms with van der Waals surface area (Å²) in [5.41, 5.74) is 0. The molecule has 120 valence electrons. The first-order valence-electron chi connectivity index (χ1n) is 9.22. The van der Waals surface area contributed by atoms with Gasteiger partial charge >= 0.3 is 0 Å². The molecule has 0 aromatic rings. The normalized spacial score (nSPS) is 65.4. The predicted molar refractivity (Wildman–Crippen MR) is 83.9 cm³/mol. The maximum absolute atomic E-state index is 5.97. The van der Waals surface area contributed by atoms with Crippen LogP contribution in [0.4, 0.5) is 0 Å². The molecule has 0 radical (unpaired) electrons. The number of hydrogen-bond donors (Lipinski definition) is 0. The number of hydrogen-bond acceptors (Lipinski definition) is 2. The van der Waals surface area contributed by atoms with Crippen LogP contribution in [-0.2, 0) is 9.47 Å². The Morgan fingerprint density at radius 1 is 0.476 bits per heavy atom. The lowest BCUT2D eigenvalue weighted by molar-refractivity contribution is 0.0642. The zero-order chi connectivity index (χ0) is 15.0. The summed E-state index contributed by atoms with van der Waals surface area (Å²) in [5, 5.41) is 0. The highest BCUT2D eigenvalue weighted by Crippen LogP contribution is 2.56. The van der Waals surface area contributed by atoms with Gasteiger partial charge in [-0.1, -0.05) is 41.5 Å². The van der Waals surface area contributed by atoms with Crippen LogP contribution in [0.5, 0.6) is 0 Å². The lowest BCUT2D eigenvalue weighted by atomic mass is 9.60. The molecule has 0 spiro atoms. The van der Waals surface area contributed by atoms with Gasteiger partial charge in [-0.3, -0.25) is 0 Å². The Labute approximate surface area is 130 Å². The molecule has 4 aliphatic rings. The van der Waals surface area contributed by atoms with E-state index in [0.29, 0.717) is 24.4 Å². The number of fused-ring (bicyclic) bond motifs is 2. The van der Waals surface area contributed by atoms with E-state index in [2.05, 4.69) is 41.5 Å². The van der Waals surface area contributed by atoms with Gasteiger partial charge in [-0.2, -0.15) is 0 Å². The lowest BCUT2D eigenvalue weighted by Crippen LogP contribution is -2.42. The van der Waals surface area contributed by atoms with Crippen LogP contribution < -0.4 is 0 Å². The van der Waals surface area contributed by atoms with E-state index in [0.717, 1.165) is 47.3 Å². The van der Waals surface area contributed by atoms with Crippen LogP contribution in [0, 0.1) is 47.3 Å². The topological polar surface area (TPSA) is 25.1 Å². The Kier molecular flexibility index (Phi) is 3.25. The molecular formula is C19H32O2. The third kappa shape index (κ3) is 2.05. The van der Waals surface area contributed by atoms with E-state index >= 15 is 0 Å². The minimum absolute atomic E-state index is 0.567. The average Bonchev–Trinajstić information content (AvgIpc) is 3.34. The average molecular weight is 292 g/mol. The van der Waals surface area contributed by atoms with Crippen LogP contribution in [0.25, 0.3) is 0 Å². The summed E-state index contributed by atoms with van der Waals surface area (Å²) < 4.78 is 11.9. The Morgan fingerprint density at radius 3 is 1.19 bits per heavy atom.